The highest BCUT2D eigenvalue weighted by Crippen LogP contribution is 2.40. The molecule has 0 unspecified atom stereocenters. The molecule has 0 aliphatic carbocycles. The number of nitrogens with two attached hydrogens (primary N) is 1. The van der Waals surface area contributed by atoms with Crippen LogP contribution >= 0.6 is 47.2 Å². The van der Waals surface area contributed by atoms with Gasteiger partial charge in [-0.2, -0.15) is 0 Å². The van der Waals surface area contributed by atoms with Crippen molar-refractivity contribution in [2.75, 3.05) is 0 Å². The highest BCUT2D eigenvalue weighted by molar-refractivity contribution is 6.66. The summed E-state index contributed by atoms with van der Waals surface area (Å²) in [6.45, 7) is 6.79. The lowest BCUT2D eigenvalue weighted by Gasteiger charge is -2.23. The Hall–Kier alpha value is 0.340. The van der Waals surface area contributed by atoms with Crippen LogP contribution in [-0.2, 0) is 15.8 Å². The topological polar surface area (TPSA) is 26.0 Å². The van der Waals surface area contributed by atoms with Crippen LogP contribution in [0.15, 0.2) is 18.2 Å². The van der Waals surface area contributed by atoms with Crippen LogP contribution in [0.5, 0.6) is 0 Å². The molecule has 0 saturated carbocycles. The van der Waals surface area contributed by atoms with Gasteiger partial charge in [0.1, 0.15) is 0 Å². The van der Waals surface area contributed by atoms with E-state index in [1.807, 2.05) is 12.1 Å². The fourth-order valence-corrected chi connectivity index (χ4v) is 1.73. The summed E-state index contributed by atoms with van der Waals surface area (Å²) in [6, 6.07) is 5.81. The quantitative estimate of drug-likeness (QED) is 0.747. The van der Waals surface area contributed by atoms with Gasteiger partial charge in [0, 0.05) is 12.1 Å². The van der Waals surface area contributed by atoms with E-state index in [0.29, 0.717) is 12.1 Å². The first-order valence-corrected chi connectivity index (χ1v) is 6.19. The smallest absolute Gasteiger partial charge is 0.216 e. The highest BCUT2D eigenvalue weighted by atomic mass is 35.6. The lowest BCUT2D eigenvalue weighted by molar-refractivity contribution is 0.588. The van der Waals surface area contributed by atoms with E-state index in [2.05, 4.69) is 26.8 Å². The van der Waals surface area contributed by atoms with Crippen LogP contribution in [0.4, 0.5) is 0 Å². The third-order valence-corrected chi connectivity index (χ3v) is 3.08. The maximum Gasteiger partial charge on any atom is 0.216 e. The Kier molecular flexibility index (Phi) is 6.11. The Morgan fingerprint density at radius 2 is 1.47 bits per heavy atom. The molecule has 0 spiro atoms. The maximum absolute atomic E-state index is 5.90. The molecular weight excluding hydrogens is 300 g/mol. The molecule has 1 aromatic carbocycles. The van der Waals surface area contributed by atoms with E-state index < -0.39 is 3.79 Å². The molecule has 0 atom stereocenters. The van der Waals surface area contributed by atoms with Crippen LogP contribution in [0.2, 0.25) is 0 Å². The second-order valence-electron chi connectivity index (χ2n) is 4.87. The van der Waals surface area contributed by atoms with Gasteiger partial charge in [0.05, 0.1) is 0 Å². The van der Waals surface area contributed by atoms with Crippen LogP contribution in [-0.4, -0.2) is 0 Å². The van der Waals surface area contributed by atoms with Gasteiger partial charge in [0.15, 0.2) is 0 Å². The molecule has 5 heteroatoms. The van der Waals surface area contributed by atoms with Crippen molar-refractivity contribution in [1.82, 2.24) is 0 Å². The zero-order valence-corrected chi connectivity index (χ0v) is 13.1. The molecule has 1 nitrogen and oxygen atoms in total. The van der Waals surface area contributed by atoms with Crippen LogP contribution in [0.25, 0.3) is 0 Å². The van der Waals surface area contributed by atoms with Gasteiger partial charge in [-0.05, 0) is 16.5 Å². The third kappa shape index (κ3) is 4.84. The van der Waals surface area contributed by atoms with Crippen molar-refractivity contribution >= 4 is 47.2 Å². The Labute approximate surface area is 124 Å². The first-order chi connectivity index (χ1) is 7.14. The van der Waals surface area contributed by atoms with Gasteiger partial charge in [-0.3, -0.25) is 0 Å². The van der Waals surface area contributed by atoms with Gasteiger partial charge in [0.25, 0.3) is 0 Å². The maximum atomic E-state index is 5.90. The van der Waals surface area contributed by atoms with Crippen molar-refractivity contribution in [3.63, 3.8) is 0 Å². The standard InChI is InChI=1S/C12H16Cl3N.ClH/c1-11(2,3)9-4-8(7-16)5-10(6-9)12(13,14)15;/h4-6H,7,16H2,1-3H3;1H. The Morgan fingerprint density at radius 3 is 1.82 bits per heavy atom. The molecule has 2 N–H and O–H groups in total. The van der Waals surface area contributed by atoms with Crippen molar-refractivity contribution in [2.45, 2.75) is 36.5 Å². The zero-order valence-electron chi connectivity index (χ0n) is 10.1. The lowest BCUT2D eigenvalue weighted by atomic mass is 9.85. The predicted octanol–water partition coefficient (Wildman–Crippen LogP) is 4.69. The van der Waals surface area contributed by atoms with E-state index in [9.17, 15) is 0 Å². The second-order valence-corrected chi connectivity index (χ2v) is 7.15. The molecule has 0 bridgehead atoms. The lowest BCUT2D eigenvalue weighted by Crippen LogP contribution is -2.14. The Balaban J connectivity index is 0.00000256. The first-order valence-electron chi connectivity index (χ1n) is 5.06. The summed E-state index contributed by atoms with van der Waals surface area (Å²) in [6.07, 6.45) is 0. The summed E-state index contributed by atoms with van der Waals surface area (Å²) in [5, 5.41) is 0. The molecule has 1 aromatic rings. The molecule has 0 aromatic heterocycles. The molecule has 0 fully saturated rings. The molecule has 17 heavy (non-hydrogen) atoms. The van der Waals surface area contributed by atoms with Gasteiger partial charge in [-0.15, -0.1) is 12.4 Å². The second kappa shape index (κ2) is 5.99. The van der Waals surface area contributed by atoms with Gasteiger partial charge in [-0.25, -0.2) is 0 Å². The monoisotopic (exact) mass is 315 g/mol. The van der Waals surface area contributed by atoms with Gasteiger partial charge in [-0.1, -0.05) is 73.8 Å². The van der Waals surface area contributed by atoms with Crippen molar-refractivity contribution < 1.29 is 0 Å². The highest BCUT2D eigenvalue weighted by Gasteiger charge is 2.25. The molecule has 0 heterocycles. The summed E-state index contributed by atoms with van der Waals surface area (Å²) < 4.78 is -1.40. The van der Waals surface area contributed by atoms with E-state index in [1.54, 1.807) is 0 Å². The summed E-state index contributed by atoms with van der Waals surface area (Å²) >= 11 is 17.7. The number of benzene rings is 1. The summed E-state index contributed by atoms with van der Waals surface area (Å²) in [7, 11) is 0. The number of hydrogen-bond acceptors (Lipinski definition) is 1. The number of hydrogen-bond donors (Lipinski definition) is 1. The van der Waals surface area contributed by atoms with E-state index in [0.717, 1.165) is 11.1 Å². The fourth-order valence-electron chi connectivity index (χ4n) is 1.41. The summed E-state index contributed by atoms with van der Waals surface area (Å²) in [5.41, 5.74) is 8.43. The molecular formula is C12H17Cl4N. The molecule has 0 amide bonds. The Bertz CT molecular complexity index is 345. The van der Waals surface area contributed by atoms with Gasteiger partial charge < -0.3 is 5.73 Å². The van der Waals surface area contributed by atoms with Crippen molar-refractivity contribution in [1.29, 1.82) is 0 Å². The molecule has 0 aliphatic heterocycles. The number of rotatable bonds is 1. The van der Waals surface area contributed by atoms with Crippen LogP contribution in [0, 0.1) is 0 Å². The average Bonchev–Trinajstić information content (AvgIpc) is 2.14. The number of halogens is 4. The van der Waals surface area contributed by atoms with E-state index in [-0.39, 0.29) is 17.8 Å². The third-order valence-electron chi connectivity index (χ3n) is 2.42. The molecule has 1 rings (SSSR count). The molecule has 0 radical (unpaired) electrons. The average molecular weight is 317 g/mol. The van der Waals surface area contributed by atoms with Crippen LogP contribution < -0.4 is 5.73 Å². The van der Waals surface area contributed by atoms with Crippen molar-refractivity contribution in [2.24, 2.45) is 5.73 Å². The minimum Gasteiger partial charge on any atom is -0.326 e. The summed E-state index contributed by atoms with van der Waals surface area (Å²) in [5.74, 6) is 0. The Morgan fingerprint density at radius 1 is 1.00 bits per heavy atom. The van der Waals surface area contributed by atoms with E-state index in [4.69, 9.17) is 40.5 Å². The summed E-state index contributed by atoms with van der Waals surface area (Å²) in [4.78, 5) is 0. The normalized spacial score (nSPS) is 12.2. The predicted molar refractivity (Wildman–Crippen MR) is 79.5 cm³/mol. The number of alkyl halides is 3. The molecule has 98 valence electrons. The minimum absolute atomic E-state index is 0. The SMILES string of the molecule is CC(C)(C)c1cc(CN)cc(C(Cl)(Cl)Cl)c1.Cl. The van der Waals surface area contributed by atoms with Gasteiger partial charge in [0.2, 0.25) is 3.79 Å². The van der Waals surface area contributed by atoms with E-state index >= 15 is 0 Å². The molecule has 0 saturated heterocycles. The van der Waals surface area contributed by atoms with Gasteiger partial charge >= 0.3 is 0 Å². The van der Waals surface area contributed by atoms with E-state index in [1.165, 1.54) is 0 Å². The zero-order chi connectivity index (χ0) is 12.6. The van der Waals surface area contributed by atoms with Crippen LogP contribution in [0.1, 0.15) is 37.5 Å². The molecule has 0 aliphatic rings. The largest absolute Gasteiger partial charge is 0.326 e. The van der Waals surface area contributed by atoms with Crippen molar-refractivity contribution in [3.05, 3.63) is 34.9 Å². The fraction of sp³-hybridized carbons (Fsp3) is 0.500. The first kappa shape index (κ1) is 17.3. The van der Waals surface area contributed by atoms with Crippen molar-refractivity contribution in [3.8, 4) is 0 Å². The minimum atomic E-state index is -1.40. The van der Waals surface area contributed by atoms with Crippen LogP contribution in [0.3, 0.4) is 0 Å².